The Kier molecular flexibility index (Phi) is 5.92. The van der Waals surface area contributed by atoms with E-state index in [1.807, 2.05) is 0 Å². The molecule has 3 aromatic rings. The number of hydrogen-bond acceptors (Lipinski definition) is 7. The zero-order valence-corrected chi connectivity index (χ0v) is 18.3. The first kappa shape index (κ1) is 20.6. The number of ether oxygens (including phenoxy) is 1. The van der Waals surface area contributed by atoms with Crippen LogP contribution in [0.15, 0.2) is 29.3 Å². The van der Waals surface area contributed by atoms with Gasteiger partial charge in [0.15, 0.2) is 10.8 Å². The number of amides is 1. The largest absolute Gasteiger partial charge is 0.495 e. The lowest BCUT2D eigenvalue weighted by atomic mass is 10.0. The molecule has 1 atom stereocenters. The van der Waals surface area contributed by atoms with E-state index in [-0.39, 0.29) is 18.0 Å². The summed E-state index contributed by atoms with van der Waals surface area (Å²) in [6, 6.07) is 4.93. The Morgan fingerprint density at radius 3 is 3.03 bits per heavy atom. The van der Waals surface area contributed by atoms with Crippen molar-refractivity contribution < 1.29 is 9.53 Å². The molecule has 1 N–H and O–H groups in total. The summed E-state index contributed by atoms with van der Waals surface area (Å²) in [5.74, 6) is 0.701. The summed E-state index contributed by atoms with van der Waals surface area (Å²) in [6.07, 6.45) is 3.68. The Bertz CT molecular complexity index is 1150. The number of carbonyl (C=O) groups excluding carboxylic acids is 1. The zero-order valence-electron chi connectivity index (χ0n) is 16.7. The number of rotatable bonds is 5. The third kappa shape index (κ3) is 4.27. The smallest absolute Gasteiger partial charge is 0.273 e. The lowest BCUT2D eigenvalue weighted by molar-refractivity contribution is -0.116. The van der Waals surface area contributed by atoms with Crippen molar-refractivity contribution in [2.45, 2.75) is 26.3 Å². The van der Waals surface area contributed by atoms with Crippen LogP contribution in [0, 0.1) is 5.92 Å². The van der Waals surface area contributed by atoms with Crippen LogP contribution in [0.2, 0.25) is 5.02 Å². The lowest BCUT2D eigenvalue weighted by Gasteiger charge is -2.30. The number of nitrogens with one attached hydrogen (secondary N) is 1. The van der Waals surface area contributed by atoms with Crippen LogP contribution < -0.4 is 20.5 Å². The molecule has 0 bridgehead atoms. The molecule has 1 aromatic carbocycles. The first-order valence-electron chi connectivity index (χ1n) is 9.69. The zero-order chi connectivity index (χ0) is 21.3. The highest BCUT2D eigenvalue weighted by molar-refractivity contribution is 7.22. The first-order chi connectivity index (χ1) is 14.4. The molecule has 3 heterocycles. The third-order valence-electron chi connectivity index (χ3n) is 5.05. The SMILES string of the molecule is COc1ccc(Cl)cc1NC(=O)Cn1cnc2nc(N3CCC[C@@H](C)C3)sc2c1=O. The van der Waals surface area contributed by atoms with Gasteiger partial charge in [0.2, 0.25) is 5.91 Å². The van der Waals surface area contributed by atoms with Gasteiger partial charge in [0.1, 0.15) is 23.3 Å². The fourth-order valence-electron chi connectivity index (χ4n) is 3.57. The van der Waals surface area contributed by atoms with E-state index in [0.717, 1.165) is 24.6 Å². The van der Waals surface area contributed by atoms with Gasteiger partial charge in [-0.1, -0.05) is 29.9 Å². The summed E-state index contributed by atoms with van der Waals surface area (Å²) in [4.78, 5) is 36.5. The number of hydrogen-bond donors (Lipinski definition) is 1. The van der Waals surface area contributed by atoms with E-state index in [4.69, 9.17) is 16.3 Å². The van der Waals surface area contributed by atoms with Crippen molar-refractivity contribution >= 4 is 50.0 Å². The molecule has 0 saturated carbocycles. The van der Waals surface area contributed by atoms with Crippen LogP contribution in [-0.4, -0.2) is 40.6 Å². The van der Waals surface area contributed by atoms with E-state index < -0.39 is 0 Å². The number of anilines is 2. The molecule has 0 unspecified atom stereocenters. The molecular weight excluding hydrogens is 426 g/mol. The molecule has 1 amide bonds. The summed E-state index contributed by atoms with van der Waals surface area (Å²) in [7, 11) is 1.51. The van der Waals surface area contributed by atoms with Gasteiger partial charge in [-0.15, -0.1) is 0 Å². The maximum Gasteiger partial charge on any atom is 0.273 e. The summed E-state index contributed by atoms with van der Waals surface area (Å²) in [5, 5.41) is 4.01. The van der Waals surface area contributed by atoms with Gasteiger partial charge in [0, 0.05) is 18.1 Å². The quantitative estimate of drug-likeness (QED) is 0.644. The summed E-state index contributed by atoms with van der Waals surface area (Å²) >= 11 is 7.34. The van der Waals surface area contributed by atoms with Crippen molar-refractivity contribution in [1.29, 1.82) is 0 Å². The molecule has 10 heteroatoms. The fourth-order valence-corrected chi connectivity index (χ4v) is 4.74. The summed E-state index contributed by atoms with van der Waals surface area (Å²) in [5.41, 5.74) is 0.588. The van der Waals surface area contributed by atoms with Gasteiger partial charge in [-0.05, 0) is 37.0 Å². The highest BCUT2D eigenvalue weighted by atomic mass is 35.5. The van der Waals surface area contributed by atoms with E-state index in [0.29, 0.717) is 32.7 Å². The van der Waals surface area contributed by atoms with Gasteiger partial charge in [0.05, 0.1) is 12.8 Å². The average molecular weight is 448 g/mol. The first-order valence-corrected chi connectivity index (χ1v) is 10.9. The van der Waals surface area contributed by atoms with E-state index in [2.05, 4.69) is 27.1 Å². The third-order valence-corrected chi connectivity index (χ3v) is 6.38. The Hall–Kier alpha value is -2.65. The maximum absolute atomic E-state index is 12.9. The molecule has 0 spiro atoms. The summed E-state index contributed by atoms with van der Waals surface area (Å²) in [6.45, 7) is 3.91. The summed E-state index contributed by atoms with van der Waals surface area (Å²) < 4.78 is 6.98. The van der Waals surface area contributed by atoms with Crippen molar-refractivity contribution in [3.05, 3.63) is 39.9 Å². The standard InChI is InChI=1S/C20H22ClN5O3S/c1-12-4-3-7-25(9-12)20-24-18-17(30-20)19(28)26(11-22-18)10-16(27)23-14-8-13(21)5-6-15(14)29-2/h5-6,8,11-12H,3-4,7,9-10H2,1-2H3,(H,23,27)/t12-/m1/s1. The van der Waals surface area contributed by atoms with Gasteiger partial charge in [-0.3, -0.25) is 14.2 Å². The molecule has 2 aromatic heterocycles. The minimum atomic E-state index is -0.381. The monoisotopic (exact) mass is 447 g/mol. The van der Waals surface area contributed by atoms with E-state index in [1.165, 1.54) is 35.8 Å². The highest BCUT2D eigenvalue weighted by Gasteiger charge is 2.21. The molecule has 0 radical (unpaired) electrons. The topological polar surface area (TPSA) is 89.3 Å². The van der Waals surface area contributed by atoms with Gasteiger partial charge >= 0.3 is 0 Å². The van der Waals surface area contributed by atoms with E-state index in [1.54, 1.807) is 18.2 Å². The molecule has 1 fully saturated rings. The minimum Gasteiger partial charge on any atom is -0.495 e. The van der Waals surface area contributed by atoms with Crippen molar-refractivity contribution in [2.75, 3.05) is 30.4 Å². The van der Waals surface area contributed by atoms with Crippen LogP contribution in [0.25, 0.3) is 10.3 Å². The molecular formula is C20H22ClN5O3S. The predicted octanol–water partition coefficient (Wildman–Crippen LogP) is 3.39. The van der Waals surface area contributed by atoms with Gasteiger partial charge in [-0.2, -0.15) is 4.98 Å². The van der Waals surface area contributed by atoms with Gasteiger partial charge < -0.3 is 15.0 Å². The number of thiazole rings is 1. The van der Waals surface area contributed by atoms with Crippen LogP contribution in [0.5, 0.6) is 5.75 Å². The van der Waals surface area contributed by atoms with Crippen molar-refractivity contribution in [2.24, 2.45) is 5.92 Å². The number of aromatic nitrogens is 3. The van der Waals surface area contributed by atoms with Crippen LogP contribution in [0.4, 0.5) is 10.8 Å². The Morgan fingerprint density at radius 2 is 2.27 bits per heavy atom. The van der Waals surface area contributed by atoms with Crippen molar-refractivity contribution in [3.8, 4) is 5.75 Å². The molecule has 8 nitrogen and oxygen atoms in total. The van der Waals surface area contributed by atoms with Gasteiger partial charge in [-0.25, -0.2) is 4.98 Å². The molecule has 1 aliphatic rings. The van der Waals surface area contributed by atoms with Crippen molar-refractivity contribution in [1.82, 2.24) is 14.5 Å². The Balaban J connectivity index is 1.55. The Morgan fingerprint density at radius 1 is 1.43 bits per heavy atom. The maximum atomic E-state index is 12.9. The van der Waals surface area contributed by atoms with Crippen LogP contribution in [-0.2, 0) is 11.3 Å². The molecule has 30 heavy (non-hydrogen) atoms. The Labute approximate surface area is 182 Å². The van der Waals surface area contributed by atoms with Crippen molar-refractivity contribution in [3.63, 3.8) is 0 Å². The number of fused-ring (bicyclic) bond motifs is 1. The second kappa shape index (κ2) is 8.61. The molecule has 0 aliphatic carbocycles. The second-order valence-electron chi connectivity index (χ2n) is 7.41. The number of nitrogens with zero attached hydrogens (tertiary/aromatic N) is 4. The average Bonchev–Trinajstić information content (AvgIpc) is 3.16. The van der Waals surface area contributed by atoms with Crippen LogP contribution in [0.1, 0.15) is 19.8 Å². The fraction of sp³-hybridized carbons (Fsp3) is 0.400. The number of benzene rings is 1. The van der Waals surface area contributed by atoms with Crippen LogP contribution in [0.3, 0.4) is 0 Å². The molecule has 1 aliphatic heterocycles. The minimum absolute atomic E-state index is 0.175. The number of piperidine rings is 1. The van der Waals surface area contributed by atoms with Crippen LogP contribution >= 0.6 is 22.9 Å². The highest BCUT2D eigenvalue weighted by Crippen LogP contribution is 2.29. The predicted molar refractivity (Wildman–Crippen MR) is 119 cm³/mol. The molecule has 158 valence electrons. The molecule has 4 rings (SSSR count). The number of methoxy groups -OCH3 is 1. The number of carbonyl (C=O) groups is 1. The van der Waals surface area contributed by atoms with E-state index >= 15 is 0 Å². The number of halogens is 1. The van der Waals surface area contributed by atoms with E-state index in [9.17, 15) is 9.59 Å². The second-order valence-corrected chi connectivity index (χ2v) is 8.83. The molecule has 1 saturated heterocycles. The van der Waals surface area contributed by atoms with Gasteiger partial charge in [0.25, 0.3) is 5.56 Å². The lowest BCUT2D eigenvalue weighted by Crippen LogP contribution is -2.34. The normalized spacial score (nSPS) is 16.6.